The Hall–Kier alpha value is -1.72. The zero-order valence-corrected chi connectivity index (χ0v) is 14.0. The molecule has 0 aromatic carbocycles. The number of hydrogen-bond donors (Lipinski definition) is 1. The van der Waals surface area contributed by atoms with E-state index in [1.54, 1.807) is 11.3 Å². The van der Waals surface area contributed by atoms with Crippen LogP contribution in [0.5, 0.6) is 0 Å². The van der Waals surface area contributed by atoms with Crippen LogP contribution < -0.4 is 5.32 Å². The van der Waals surface area contributed by atoms with Gasteiger partial charge in [0.15, 0.2) is 0 Å². The SMILES string of the molecule is CCc1noc(CC)c1CN[C@@H](C)c1cnc2ccsc2c1. The molecule has 1 N–H and O–H groups in total. The van der Waals surface area contributed by atoms with E-state index in [-0.39, 0.29) is 6.04 Å². The van der Waals surface area contributed by atoms with E-state index in [4.69, 9.17) is 4.52 Å². The van der Waals surface area contributed by atoms with Gasteiger partial charge < -0.3 is 9.84 Å². The number of hydrogen-bond acceptors (Lipinski definition) is 5. The molecular weight excluding hydrogens is 294 g/mol. The molecule has 3 rings (SSSR count). The van der Waals surface area contributed by atoms with E-state index in [2.05, 4.69) is 53.7 Å². The van der Waals surface area contributed by atoms with Crippen LogP contribution in [-0.2, 0) is 19.4 Å². The fourth-order valence-corrected chi connectivity index (χ4v) is 3.40. The lowest BCUT2D eigenvalue weighted by atomic mass is 10.1. The molecule has 22 heavy (non-hydrogen) atoms. The highest BCUT2D eigenvalue weighted by molar-refractivity contribution is 7.17. The molecule has 4 nitrogen and oxygen atoms in total. The van der Waals surface area contributed by atoms with Gasteiger partial charge in [0, 0.05) is 30.8 Å². The predicted molar refractivity (Wildman–Crippen MR) is 90.1 cm³/mol. The van der Waals surface area contributed by atoms with Crippen LogP contribution >= 0.6 is 11.3 Å². The summed E-state index contributed by atoms with van der Waals surface area (Å²) in [5.41, 5.74) is 4.55. The minimum absolute atomic E-state index is 0.239. The molecule has 1 atom stereocenters. The van der Waals surface area contributed by atoms with Crippen LogP contribution in [0.1, 0.15) is 49.4 Å². The van der Waals surface area contributed by atoms with Gasteiger partial charge in [0.05, 0.1) is 15.9 Å². The Balaban J connectivity index is 1.74. The van der Waals surface area contributed by atoms with Crippen LogP contribution in [-0.4, -0.2) is 10.1 Å². The van der Waals surface area contributed by atoms with Crippen molar-refractivity contribution >= 4 is 21.6 Å². The minimum Gasteiger partial charge on any atom is -0.361 e. The summed E-state index contributed by atoms with van der Waals surface area (Å²) in [5, 5.41) is 9.82. The van der Waals surface area contributed by atoms with Crippen LogP contribution in [0.2, 0.25) is 0 Å². The molecule has 0 bridgehead atoms. The molecule has 0 aliphatic rings. The Kier molecular flexibility index (Phi) is 4.55. The van der Waals surface area contributed by atoms with Gasteiger partial charge in [-0.15, -0.1) is 11.3 Å². The first-order valence-electron chi connectivity index (χ1n) is 7.75. The Morgan fingerprint density at radius 2 is 2.18 bits per heavy atom. The van der Waals surface area contributed by atoms with Crippen molar-refractivity contribution in [3.8, 4) is 0 Å². The lowest BCUT2D eigenvalue weighted by molar-refractivity contribution is 0.379. The highest BCUT2D eigenvalue weighted by Gasteiger charge is 2.15. The van der Waals surface area contributed by atoms with Crippen molar-refractivity contribution < 1.29 is 4.52 Å². The molecule has 0 aliphatic heterocycles. The van der Waals surface area contributed by atoms with Crippen LogP contribution in [0.3, 0.4) is 0 Å². The number of nitrogens with one attached hydrogen (secondary N) is 1. The molecule has 0 spiro atoms. The maximum atomic E-state index is 5.42. The summed E-state index contributed by atoms with van der Waals surface area (Å²) in [7, 11) is 0. The third-order valence-corrected chi connectivity index (χ3v) is 4.87. The molecule has 3 heterocycles. The summed E-state index contributed by atoms with van der Waals surface area (Å²) in [6.07, 6.45) is 3.74. The summed E-state index contributed by atoms with van der Waals surface area (Å²) in [5.74, 6) is 0.989. The fourth-order valence-electron chi connectivity index (χ4n) is 2.61. The van der Waals surface area contributed by atoms with E-state index in [9.17, 15) is 0 Å². The lowest BCUT2D eigenvalue weighted by Gasteiger charge is -2.14. The smallest absolute Gasteiger partial charge is 0.141 e. The maximum Gasteiger partial charge on any atom is 0.141 e. The number of pyridine rings is 1. The number of thiophene rings is 1. The summed E-state index contributed by atoms with van der Waals surface area (Å²) >= 11 is 1.73. The second-order valence-corrected chi connectivity index (χ2v) is 6.36. The zero-order valence-electron chi connectivity index (χ0n) is 13.2. The molecule has 3 aromatic rings. The quantitative estimate of drug-likeness (QED) is 0.738. The van der Waals surface area contributed by atoms with Gasteiger partial charge >= 0.3 is 0 Å². The monoisotopic (exact) mass is 315 g/mol. The third-order valence-electron chi connectivity index (χ3n) is 4.02. The van der Waals surface area contributed by atoms with Gasteiger partial charge in [-0.25, -0.2) is 0 Å². The van der Waals surface area contributed by atoms with Gasteiger partial charge in [-0.05, 0) is 36.4 Å². The summed E-state index contributed by atoms with van der Waals surface area (Å²) < 4.78 is 6.66. The highest BCUT2D eigenvalue weighted by Crippen LogP contribution is 2.23. The summed E-state index contributed by atoms with van der Waals surface area (Å²) in [6.45, 7) is 7.15. The van der Waals surface area contributed by atoms with Gasteiger partial charge in [-0.2, -0.15) is 0 Å². The average molecular weight is 315 g/mol. The number of aromatic nitrogens is 2. The predicted octanol–water partition coefficient (Wildman–Crippen LogP) is 4.26. The van der Waals surface area contributed by atoms with Crippen molar-refractivity contribution in [2.45, 2.75) is 46.2 Å². The molecule has 5 heteroatoms. The third kappa shape index (κ3) is 2.91. The normalized spacial score (nSPS) is 12.9. The molecular formula is C17H21N3OS. The minimum atomic E-state index is 0.239. The van der Waals surface area contributed by atoms with Crippen molar-refractivity contribution in [2.24, 2.45) is 0 Å². The number of aryl methyl sites for hydroxylation is 2. The molecule has 0 aliphatic carbocycles. The van der Waals surface area contributed by atoms with Crippen molar-refractivity contribution in [1.29, 1.82) is 0 Å². The fraction of sp³-hybridized carbons (Fsp3) is 0.412. The van der Waals surface area contributed by atoms with E-state index in [1.807, 2.05) is 6.20 Å². The molecule has 0 fully saturated rings. The largest absolute Gasteiger partial charge is 0.361 e. The van der Waals surface area contributed by atoms with Gasteiger partial charge in [-0.1, -0.05) is 19.0 Å². The molecule has 0 radical (unpaired) electrons. The van der Waals surface area contributed by atoms with Crippen LogP contribution in [0.15, 0.2) is 28.2 Å². The second-order valence-electron chi connectivity index (χ2n) is 5.41. The summed E-state index contributed by atoms with van der Waals surface area (Å²) in [4.78, 5) is 4.51. The molecule has 0 saturated carbocycles. The van der Waals surface area contributed by atoms with Crippen molar-refractivity contribution in [2.75, 3.05) is 0 Å². The molecule has 0 amide bonds. The maximum absolute atomic E-state index is 5.42. The Morgan fingerprint density at radius 3 is 2.95 bits per heavy atom. The van der Waals surface area contributed by atoms with Gasteiger partial charge in [0.25, 0.3) is 0 Å². The molecule has 0 saturated heterocycles. The molecule has 116 valence electrons. The van der Waals surface area contributed by atoms with Crippen molar-refractivity contribution in [1.82, 2.24) is 15.5 Å². The molecule has 3 aromatic heterocycles. The van der Waals surface area contributed by atoms with Crippen LogP contribution in [0.4, 0.5) is 0 Å². The zero-order chi connectivity index (χ0) is 15.5. The lowest BCUT2D eigenvalue weighted by Crippen LogP contribution is -2.19. The first-order valence-corrected chi connectivity index (χ1v) is 8.63. The van der Waals surface area contributed by atoms with Crippen LogP contribution in [0, 0.1) is 0 Å². The first-order chi connectivity index (χ1) is 10.7. The average Bonchev–Trinajstić information content (AvgIpc) is 3.17. The van der Waals surface area contributed by atoms with E-state index in [0.29, 0.717) is 0 Å². The summed E-state index contributed by atoms with van der Waals surface area (Å²) in [6, 6.07) is 4.52. The van der Waals surface area contributed by atoms with Gasteiger partial charge in [-0.3, -0.25) is 4.98 Å². The Morgan fingerprint density at radius 1 is 1.32 bits per heavy atom. The van der Waals surface area contributed by atoms with E-state index in [0.717, 1.165) is 36.4 Å². The van der Waals surface area contributed by atoms with E-state index in [1.165, 1.54) is 15.8 Å². The number of rotatable bonds is 6. The standard InChI is InChI=1S/C17H21N3OS/c1-4-14-13(16(5-2)21-20-14)10-18-11(3)12-8-17-15(19-9-12)6-7-22-17/h6-9,11,18H,4-5,10H2,1-3H3/t11-/m0/s1. The number of nitrogens with zero attached hydrogens (tertiary/aromatic N) is 2. The molecule has 0 unspecified atom stereocenters. The van der Waals surface area contributed by atoms with E-state index < -0.39 is 0 Å². The first kappa shape index (κ1) is 15.2. The van der Waals surface area contributed by atoms with Crippen molar-refractivity contribution in [3.05, 3.63) is 46.3 Å². The Labute approximate surface area is 134 Å². The van der Waals surface area contributed by atoms with Gasteiger partial charge in [0.2, 0.25) is 0 Å². The van der Waals surface area contributed by atoms with E-state index >= 15 is 0 Å². The Bertz CT molecular complexity index is 741. The topological polar surface area (TPSA) is 51.0 Å². The number of fused-ring (bicyclic) bond motifs is 1. The van der Waals surface area contributed by atoms with Crippen LogP contribution in [0.25, 0.3) is 10.2 Å². The second kappa shape index (κ2) is 6.58. The highest BCUT2D eigenvalue weighted by atomic mass is 32.1. The van der Waals surface area contributed by atoms with Gasteiger partial charge in [0.1, 0.15) is 5.76 Å². The van der Waals surface area contributed by atoms with Crippen molar-refractivity contribution in [3.63, 3.8) is 0 Å².